The minimum Gasteiger partial charge on any atom is -0.324 e. The molecule has 112 valence electrons. The van der Waals surface area contributed by atoms with Crippen molar-refractivity contribution in [1.82, 2.24) is 5.32 Å². The number of halogens is 3. The second-order valence-corrected chi connectivity index (χ2v) is 5.06. The number of nitrogens with zero attached hydrogens (tertiary/aromatic N) is 1. The fraction of sp³-hybridized carbons (Fsp3) is 0.429. The standard InChI is InChI=1S/C14H14F3N3O/c1-8-4-5-19-12(8)13(21)20-11-3-2-9(7-18)6-10(11)14(15,16)17/h2-3,6,8,12,19H,4-5H2,1H3,(H,20,21). The summed E-state index contributed by atoms with van der Waals surface area (Å²) >= 11 is 0. The minimum absolute atomic E-state index is 0.0673. The smallest absolute Gasteiger partial charge is 0.324 e. The van der Waals surface area contributed by atoms with Crippen LogP contribution in [0.2, 0.25) is 0 Å². The first-order valence-electron chi connectivity index (χ1n) is 6.48. The van der Waals surface area contributed by atoms with Gasteiger partial charge in [0.15, 0.2) is 0 Å². The first-order valence-corrected chi connectivity index (χ1v) is 6.48. The van der Waals surface area contributed by atoms with Gasteiger partial charge in [-0.15, -0.1) is 0 Å². The van der Waals surface area contributed by atoms with Crippen LogP contribution in [0.5, 0.6) is 0 Å². The normalized spacial score (nSPS) is 21.9. The molecule has 2 N–H and O–H groups in total. The molecule has 4 nitrogen and oxygen atoms in total. The maximum absolute atomic E-state index is 13.0. The van der Waals surface area contributed by atoms with Gasteiger partial charge in [0, 0.05) is 0 Å². The number of alkyl halides is 3. The van der Waals surface area contributed by atoms with Crippen LogP contribution >= 0.6 is 0 Å². The van der Waals surface area contributed by atoms with Crippen LogP contribution in [0, 0.1) is 17.2 Å². The van der Waals surface area contributed by atoms with Crippen LogP contribution in [0.15, 0.2) is 18.2 Å². The molecule has 0 saturated carbocycles. The van der Waals surface area contributed by atoms with E-state index >= 15 is 0 Å². The van der Waals surface area contributed by atoms with Gasteiger partial charge in [-0.05, 0) is 37.1 Å². The van der Waals surface area contributed by atoms with E-state index in [0.29, 0.717) is 6.54 Å². The van der Waals surface area contributed by atoms with Gasteiger partial charge in [-0.3, -0.25) is 4.79 Å². The molecule has 7 heteroatoms. The third-order valence-electron chi connectivity index (χ3n) is 3.53. The van der Waals surface area contributed by atoms with Crippen LogP contribution in [0.25, 0.3) is 0 Å². The van der Waals surface area contributed by atoms with Gasteiger partial charge in [0.25, 0.3) is 0 Å². The maximum Gasteiger partial charge on any atom is 0.418 e. The van der Waals surface area contributed by atoms with E-state index in [-0.39, 0.29) is 17.2 Å². The molecule has 1 saturated heterocycles. The number of nitriles is 1. The van der Waals surface area contributed by atoms with E-state index in [4.69, 9.17) is 5.26 Å². The van der Waals surface area contributed by atoms with Crippen molar-refractivity contribution < 1.29 is 18.0 Å². The monoisotopic (exact) mass is 297 g/mol. The van der Waals surface area contributed by atoms with Gasteiger partial charge >= 0.3 is 6.18 Å². The molecule has 1 aliphatic rings. The summed E-state index contributed by atoms with van der Waals surface area (Å²) in [5, 5.41) is 14.0. The SMILES string of the molecule is CC1CCNC1C(=O)Nc1ccc(C#N)cc1C(F)(F)F. The lowest BCUT2D eigenvalue weighted by Crippen LogP contribution is -2.39. The zero-order valence-corrected chi connectivity index (χ0v) is 11.3. The summed E-state index contributed by atoms with van der Waals surface area (Å²) in [6.45, 7) is 2.53. The average molecular weight is 297 g/mol. The van der Waals surface area contributed by atoms with E-state index in [1.807, 2.05) is 6.92 Å². The second-order valence-electron chi connectivity index (χ2n) is 5.06. The predicted octanol–water partition coefficient (Wildman–Crippen LogP) is 2.51. The van der Waals surface area contributed by atoms with E-state index in [1.54, 1.807) is 6.07 Å². The molecule has 1 heterocycles. The van der Waals surface area contributed by atoms with E-state index in [1.165, 1.54) is 6.07 Å². The Morgan fingerprint density at radius 1 is 1.48 bits per heavy atom. The highest BCUT2D eigenvalue weighted by Crippen LogP contribution is 2.35. The first-order chi connectivity index (χ1) is 9.82. The lowest BCUT2D eigenvalue weighted by atomic mass is 10.0. The van der Waals surface area contributed by atoms with Crippen LogP contribution < -0.4 is 10.6 Å². The van der Waals surface area contributed by atoms with Gasteiger partial charge in [0.2, 0.25) is 5.91 Å². The van der Waals surface area contributed by atoms with Crippen molar-refractivity contribution in [2.45, 2.75) is 25.6 Å². The van der Waals surface area contributed by atoms with Crippen LogP contribution in [0.1, 0.15) is 24.5 Å². The number of benzene rings is 1. The summed E-state index contributed by atoms with van der Waals surface area (Å²) in [5.74, 6) is -0.423. The van der Waals surface area contributed by atoms with Gasteiger partial charge < -0.3 is 10.6 Å². The van der Waals surface area contributed by atoms with Crippen molar-refractivity contribution >= 4 is 11.6 Å². The van der Waals surface area contributed by atoms with E-state index in [2.05, 4.69) is 10.6 Å². The van der Waals surface area contributed by atoms with Gasteiger partial charge in [-0.2, -0.15) is 18.4 Å². The molecule has 2 rings (SSSR count). The average Bonchev–Trinajstić information content (AvgIpc) is 2.84. The summed E-state index contributed by atoms with van der Waals surface area (Å²) in [5.41, 5.74) is -1.44. The van der Waals surface area contributed by atoms with Gasteiger partial charge in [0.05, 0.1) is 28.9 Å². The molecule has 0 aromatic heterocycles. The van der Waals surface area contributed by atoms with Crippen LogP contribution in [0.4, 0.5) is 18.9 Å². The Morgan fingerprint density at radius 3 is 2.71 bits per heavy atom. The lowest BCUT2D eigenvalue weighted by Gasteiger charge is -2.18. The molecular formula is C14H14F3N3O. The van der Waals surface area contributed by atoms with Gasteiger partial charge in [-0.25, -0.2) is 0 Å². The summed E-state index contributed by atoms with van der Waals surface area (Å²) in [6.07, 6.45) is -3.83. The van der Waals surface area contributed by atoms with Crippen molar-refractivity contribution in [3.05, 3.63) is 29.3 Å². The molecule has 0 aliphatic carbocycles. The van der Waals surface area contributed by atoms with Crippen LogP contribution in [-0.2, 0) is 11.0 Å². The minimum atomic E-state index is -4.63. The molecule has 21 heavy (non-hydrogen) atoms. The molecule has 1 aromatic rings. The number of hydrogen-bond acceptors (Lipinski definition) is 3. The summed E-state index contributed by atoms with van der Waals surface area (Å²) < 4.78 is 39.0. The second kappa shape index (κ2) is 5.74. The Kier molecular flexibility index (Phi) is 4.19. The molecule has 0 radical (unpaired) electrons. The van der Waals surface area contributed by atoms with E-state index in [9.17, 15) is 18.0 Å². The van der Waals surface area contributed by atoms with Crippen molar-refractivity contribution in [1.29, 1.82) is 5.26 Å². The molecule has 1 aromatic carbocycles. The van der Waals surface area contributed by atoms with Crippen molar-refractivity contribution in [3.8, 4) is 6.07 Å². The zero-order valence-electron chi connectivity index (χ0n) is 11.3. The summed E-state index contributed by atoms with van der Waals surface area (Å²) in [6, 6.07) is 4.25. The third-order valence-corrected chi connectivity index (χ3v) is 3.53. The molecule has 1 fully saturated rings. The van der Waals surface area contributed by atoms with Crippen molar-refractivity contribution in [2.75, 3.05) is 11.9 Å². The highest BCUT2D eigenvalue weighted by Gasteiger charge is 2.36. The topological polar surface area (TPSA) is 64.9 Å². The van der Waals surface area contributed by atoms with Crippen LogP contribution in [-0.4, -0.2) is 18.5 Å². The number of carbonyl (C=O) groups excluding carboxylic acids is 1. The zero-order chi connectivity index (χ0) is 15.6. The summed E-state index contributed by atoms with van der Waals surface area (Å²) in [7, 11) is 0. The Morgan fingerprint density at radius 2 is 2.19 bits per heavy atom. The van der Waals surface area contributed by atoms with Gasteiger partial charge in [0.1, 0.15) is 0 Å². The highest BCUT2D eigenvalue weighted by atomic mass is 19.4. The van der Waals surface area contributed by atoms with Crippen molar-refractivity contribution in [3.63, 3.8) is 0 Å². The Labute approximate surface area is 119 Å². The highest BCUT2D eigenvalue weighted by molar-refractivity contribution is 5.96. The van der Waals surface area contributed by atoms with Crippen LogP contribution in [0.3, 0.4) is 0 Å². The fourth-order valence-corrected chi connectivity index (χ4v) is 2.35. The van der Waals surface area contributed by atoms with Gasteiger partial charge in [-0.1, -0.05) is 6.92 Å². The molecule has 0 spiro atoms. The molecular weight excluding hydrogens is 283 g/mol. The summed E-state index contributed by atoms with van der Waals surface area (Å²) in [4.78, 5) is 12.1. The number of carbonyl (C=O) groups is 1. The fourth-order valence-electron chi connectivity index (χ4n) is 2.35. The molecule has 0 bridgehead atoms. The number of amides is 1. The number of hydrogen-bond donors (Lipinski definition) is 2. The third kappa shape index (κ3) is 3.34. The maximum atomic E-state index is 13.0. The first kappa shape index (κ1) is 15.3. The Bertz CT molecular complexity index is 592. The van der Waals surface area contributed by atoms with E-state index in [0.717, 1.165) is 18.6 Å². The number of rotatable bonds is 2. The molecule has 2 unspecified atom stereocenters. The molecule has 1 aliphatic heterocycles. The Balaban J connectivity index is 2.27. The number of nitrogens with one attached hydrogen (secondary N) is 2. The number of anilines is 1. The Hall–Kier alpha value is -2.07. The largest absolute Gasteiger partial charge is 0.418 e. The molecule has 1 amide bonds. The quantitative estimate of drug-likeness (QED) is 0.881. The van der Waals surface area contributed by atoms with E-state index < -0.39 is 23.7 Å². The van der Waals surface area contributed by atoms with Crippen molar-refractivity contribution in [2.24, 2.45) is 5.92 Å². The molecule has 2 atom stereocenters. The lowest BCUT2D eigenvalue weighted by molar-refractivity contribution is -0.137. The predicted molar refractivity (Wildman–Crippen MR) is 70.4 cm³/mol.